The molecular weight excluding hydrogens is 520 g/mol. The van der Waals surface area contributed by atoms with Crippen LogP contribution >= 0.6 is 0 Å². The molecule has 8 rings (SSSR count). The molecule has 4 atom stereocenters. The summed E-state index contributed by atoms with van der Waals surface area (Å²) in [5, 5.41) is 3.71. The van der Waals surface area contributed by atoms with E-state index in [0.29, 0.717) is 12.0 Å². The van der Waals surface area contributed by atoms with Crippen molar-refractivity contribution in [3.8, 4) is 0 Å². The fraction of sp³-hybridized carbons (Fsp3) is 0.344. The molecule has 9 heteroatoms. The Balaban J connectivity index is 1.64. The minimum Gasteiger partial charge on any atom is -0.374 e. The topological polar surface area (TPSA) is 86.0 Å². The minimum atomic E-state index is -1.00. The average Bonchev–Trinajstić information content (AvgIpc) is 3.58. The van der Waals surface area contributed by atoms with Gasteiger partial charge in [0.2, 0.25) is 11.8 Å². The molecule has 0 saturated carbocycles. The predicted octanol–water partition coefficient (Wildman–Crippen LogP) is 4.87. The zero-order chi connectivity index (χ0) is 28.5. The number of amides is 3. The van der Waals surface area contributed by atoms with Crippen LogP contribution in [0.5, 0.6) is 0 Å². The van der Waals surface area contributed by atoms with Crippen LogP contribution in [0.4, 0.5) is 0 Å². The zero-order valence-corrected chi connectivity index (χ0v) is 23.6. The van der Waals surface area contributed by atoms with Gasteiger partial charge in [0.25, 0.3) is 5.91 Å². The van der Waals surface area contributed by atoms with Gasteiger partial charge in [-0.05, 0) is 24.6 Å². The summed E-state index contributed by atoms with van der Waals surface area (Å²) in [5.41, 5.74) is 4.19. The molecule has 1 saturated heterocycles. The normalized spacial score (nSPS) is 25.0. The number of hydrogen-bond donors (Lipinski definition) is 0. The van der Waals surface area contributed by atoms with E-state index < -0.39 is 18.1 Å². The van der Waals surface area contributed by atoms with Crippen LogP contribution in [0.15, 0.2) is 48.5 Å². The van der Waals surface area contributed by atoms with Gasteiger partial charge < -0.3 is 23.5 Å². The molecule has 3 aliphatic rings. The van der Waals surface area contributed by atoms with Crippen molar-refractivity contribution in [3.05, 3.63) is 59.7 Å². The standard InChI is InChI=1S/C32H30N4O5/c1-16(37)33(4)23-14-24-35-21-12-8-6-10-18(21)26-27-20(15-34(17(2)38)31(27)39)25-19-11-7-9-13-22(19)36(29(25)28(26)35)32(3,41-24)30(23)40-5/h6-13,23-24,30H,14-15H2,1-5H3/t23-,24?,30-,32?/m0/s1. The molecule has 0 spiro atoms. The molecule has 3 aromatic carbocycles. The lowest BCUT2D eigenvalue weighted by Gasteiger charge is -2.50. The molecule has 2 aromatic heterocycles. The summed E-state index contributed by atoms with van der Waals surface area (Å²) >= 11 is 0. The number of hydrogen-bond acceptors (Lipinski definition) is 5. The van der Waals surface area contributed by atoms with Crippen molar-refractivity contribution < 1.29 is 23.9 Å². The second-order valence-electron chi connectivity index (χ2n) is 11.7. The first-order chi connectivity index (χ1) is 19.7. The highest BCUT2D eigenvalue weighted by Gasteiger charge is 2.55. The van der Waals surface area contributed by atoms with Crippen LogP contribution in [-0.4, -0.2) is 63.0 Å². The van der Waals surface area contributed by atoms with E-state index in [2.05, 4.69) is 27.3 Å². The average molecular weight is 551 g/mol. The summed E-state index contributed by atoms with van der Waals surface area (Å²) < 4.78 is 17.8. The number of methoxy groups -OCH3 is 1. The molecule has 1 fully saturated rings. The number of aromatic nitrogens is 2. The molecule has 208 valence electrons. The van der Waals surface area contributed by atoms with Crippen LogP contribution in [-0.2, 0) is 31.3 Å². The third kappa shape index (κ3) is 2.80. The van der Waals surface area contributed by atoms with Crippen LogP contribution in [0.25, 0.3) is 43.6 Å². The number of imide groups is 1. The third-order valence-electron chi connectivity index (χ3n) is 9.69. The molecule has 3 aliphatic heterocycles. The maximum Gasteiger partial charge on any atom is 0.261 e. The second kappa shape index (κ2) is 7.96. The quantitative estimate of drug-likeness (QED) is 0.313. The number of ether oxygens (including phenoxy) is 2. The Bertz CT molecular complexity index is 2020. The van der Waals surface area contributed by atoms with Gasteiger partial charge in [-0.1, -0.05) is 36.4 Å². The van der Waals surface area contributed by atoms with Gasteiger partial charge >= 0.3 is 0 Å². The van der Waals surface area contributed by atoms with Crippen LogP contribution in [0, 0.1) is 0 Å². The molecule has 3 amide bonds. The summed E-state index contributed by atoms with van der Waals surface area (Å²) in [4.78, 5) is 42.5. The summed E-state index contributed by atoms with van der Waals surface area (Å²) in [6.07, 6.45) is -0.422. The molecule has 9 nitrogen and oxygen atoms in total. The van der Waals surface area contributed by atoms with Gasteiger partial charge in [0.05, 0.1) is 40.2 Å². The zero-order valence-electron chi connectivity index (χ0n) is 23.6. The van der Waals surface area contributed by atoms with Gasteiger partial charge in [-0.15, -0.1) is 0 Å². The fourth-order valence-electron chi connectivity index (χ4n) is 7.95. The van der Waals surface area contributed by atoms with Crippen molar-refractivity contribution in [1.29, 1.82) is 0 Å². The largest absolute Gasteiger partial charge is 0.374 e. The highest BCUT2D eigenvalue weighted by atomic mass is 16.6. The highest BCUT2D eigenvalue weighted by molar-refractivity contribution is 6.32. The molecular formula is C32H30N4O5. The second-order valence-corrected chi connectivity index (χ2v) is 11.7. The number of nitrogens with zero attached hydrogens (tertiary/aromatic N) is 4. The van der Waals surface area contributed by atoms with E-state index in [4.69, 9.17) is 9.47 Å². The van der Waals surface area contributed by atoms with Crippen LogP contribution < -0.4 is 0 Å². The number of carbonyl (C=O) groups is 3. The van der Waals surface area contributed by atoms with E-state index in [-0.39, 0.29) is 30.3 Å². The Labute approximate surface area is 235 Å². The third-order valence-corrected chi connectivity index (χ3v) is 9.69. The summed E-state index contributed by atoms with van der Waals surface area (Å²) in [7, 11) is 3.49. The van der Waals surface area contributed by atoms with E-state index in [1.165, 1.54) is 11.8 Å². The van der Waals surface area contributed by atoms with Crippen LogP contribution in [0.1, 0.15) is 49.3 Å². The maximum atomic E-state index is 14.0. The molecule has 2 unspecified atom stereocenters. The Kier molecular flexibility index (Phi) is 4.77. The number of likely N-dealkylation sites (N-methyl/N-ethyl adjacent to an activating group) is 1. The fourth-order valence-corrected chi connectivity index (χ4v) is 7.95. The van der Waals surface area contributed by atoms with Gasteiger partial charge in [0.1, 0.15) is 12.3 Å². The van der Waals surface area contributed by atoms with Crippen LogP contribution in [0.3, 0.4) is 0 Å². The Morgan fingerprint density at radius 2 is 1.66 bits per heavy atom. The van der Waals surface area contributed by atoms with Gasteiger partial charge in [-0.2, -0.15) is 0 Å². The number of fused-ring (bicyclic) bond motifs is 13. The number of para-hydroxylation sites is 2. The first-order valence-corrected chi connectivity index (χ1v) is 14.0. The number of carbonyl (C=O) groups excluding carboxylic acids is 3. The highest BCUT2D eigenvalue weighted by Crippen LogP contribution is 2.54. The lowest BCUT2D eigenvalue weighted by molar-refractivity contribution is -0.266. The maximum absolute atomic E-state index is 14.0. The van der Waals surface area contributed by atoms with Gasteiger partial charge in [0, 0.05) is 56.0 Å². The summed E-state index contributed by atoms with van der Waals surface area (Å²) in [6, 6.07) is 15.9. The predicted molar refractivity (Wildman–Crippen MR) is 154 cm³/mol. The van der Waals surface area contributed by atoms with Gasteiger partial charge in [-0.3, -0.25) is 19.3 Å². The lowest BCUT2D eigenvalue weighted by Crippen LogP contribution is -2.61. The Morgan fingerprint density at radius 3 is 2.32 bits per heavy atom. The summed E-state index contributed by atoms with van der Waals surface area (Å²) in [6.45, 7) is 5.28. The first kappa shape index (κ1) is 24.6. The smallest absolute Gasteiger partial charge is 0.261 e. The van der Waals surface area contributed by atoms with E-state index in [0.717, 1.165) is 49.2 Å². The van der Waals surface area contributed by atoms with Crippen molar-refractivity contribution in [1.82, 2.24) is 18.9 Å². The van der Waals surface area contributed by atoms with Crippen molar-refractivity contribution in [2.24, 2.45) is 0 Å². The molecule has 5 heterocycles. The van der Waals surface area contributed by atoms with Crippen molar-refractivity contribution in [2.75, 3.05) is 14.2 Å². The molecule has 5 aromatic rings. The van der Waals surface area contributed by atoms with E-state index >= 15 is 0 Å². The van der Waals surface area contributed by atoms with E-state index in [1.807, 2.05) is 44.3 Å². The van der Waals surface area contributed by atoms with E-state index in [9.17, 15) is 14.4 Å². The van der Waals surface area contributed by atoms with Gasteiger partial charge in [-0.25, -0.2) is 0 Å². The number of benzene rings is 3. The monoisotopic (exact) mass is 550 g/mol. The van der Waals surface area contributed by atoms with Gasteiger partial charge in [0.15, 0.2) is 5.72 Å². The molecule has 0 N–H and O–H groups in total. The lowest BCUT2D eigenvalue weighted by atomic mass is 9.91. The molecule has 2 bridgehead atoms. The molecule has 41 heavy (non-hydrogen) atoms. The van der Waals surface area contributed by atoms with Crippen molar-refractivity contribution in [3.63, 3.8) is 0 Å². The van der Waals surface area contributed by atoms with E-state index in [1.54, 1.807) is 18.9 Å². The molecule has 0 aliphatic carbocycles. The SMILES string of the molecule is CO[C@H]1[C@@H](N(C)C(C)=O)CC2OC1(C)n1c3ccccc3c3c4c(c5c6ccccc6n2c5c31)C(=O)N(C(C)=O)C4. The Hall–Kier alpha value is -4.21. The molecule has 0 radical (unpaired) electrons. The summed E-state index contributed by atoms with van der Waals surface area (Å²) in [5.74, 6) is -0.582. The van der Waals surface area contributed by atoms with Crippen molar-refractivity contribution >= 4 is 61.3 Å². The van der Waals surface area contributed by atoms with Crippen LogP contribution in [0.2, 0.25) is 0 Å². The minimum absolute atomic E-state index is 0.0456. The Morgan fingerprint density at radius 1 is 1.00 bits per heavy atom. The number of rotatable bonds is 2. The first-order valence-electron chi connectivity index (χ1n) is 14.0. The van der Waals surface area contributed by atoms with Crippen molar-refractivity contribution in [2.45, 2.75) is 57.8 Å².